The van der Waals surface area contributed by atoms with Crippen LogP contribution in [-0.4, -0.2) is 54.5 Å². The van der Waals surface area contributed by atoms with Crippen LogP contribution < -0.4 is 15.4 Å². The minimum absolute atomic E-state index is 0.0637. The summed E-state index contributed by atoms with van der Waals surface area (Å²) in [5.74, 6) is 6.26. The number of rotatable bonds is 4. The molecule has 166 valence electrons. The molecule has 11 nitrogen and oxygen atoms in total. The summed E-state index contributed by atoms with van der Waals surface area (Å²) in [6.45, 7) is -0.0929. The van der Waals surface area contributed by atoms with Crippen molar-refractivity contribution in [2.24, 2.45) is 7.05 Å². The first-order valence-corrected chi connectivity index (χ1v) is 10.6. The van der Waals surface area contributed by atoms with E-state index in [0.29, 0.717) is 21.8 Å². The number of imide groups is 1. The number of aryl methyl sites for hydroxylation is 1. The molecule has 1 saturated heterocycles. The van der Waals surface area contributed by atoms with Crippen LogP contribution in [-0.2, 0) is 18.4 Å². The number of aromatic nitrogens is 5. The highest BCUT2D eigenvalue weighted by molar-refractivity contribution is 7.15. The molecule has 33 heavy (non-hydrogen) atoms. The second-order valence-corrected chi connectivity index (χ2v) is 8.45. The Morgan fingerprint density at radius 1 is 1.27 bits per heavy atom. The van der Waals surface area contributed by atoms with Gasteiger partial charge in [-0.2, -0.15) is 4.80 Å². The van der Waals surface area contributed by atoms with Gasteiger partial charge in [0.25, 0.3) is 5.91 Å². The van der Waals surface area contributed by atoms with E-state index in [1.165, 1.54) is 27.8 Å². The number of fused-ring (bicyclic) bond motifs is 1. The molecule has 1 aliphatic heterocycles. The molecular formula is C21H17N7O4S. The van der Waals surface area contributed by atoms with Crippen molar-refractivity contribution >= 4 is 34.0 Å². The lowest BCUT2D eigenvalue weighted by Crippen LogP contribution is -2.49. The van der Waals surface area contributed by atoms with Crippen molar-refractivity contribution in [3.05, 3.63) is 41.4 Å². The summed E-state index contributed by atoms with van der Waals surface area (Å²) >= 11 is 1.33. The molecule has 0 aliphatic carbocycles. The summed E-state index contributed by atoms with van der Waals surface area (Å²) in [6.07, 6.45) is 1.69. The Kier molecular flexibility index (Phi) is 4.75. The maximum atomic E-state index is 12.7. The van der Waals surface area contributed by atoms with E-state index in [4.69, 9.17) is 4.74 Å². The van der Waals surface area contributed by atoms with Gasteiger partial charge >= 0.3 is 6.03 Å². The van der Waals surface area contributed by atoms with Crippen LogP contribution in [0.5, 0.6) is 11.6 Å². The fourth-order valence-electron chi connectivity index (χ4n) is 3.54. The highest BCUT2D eigenvalue weighted by Crippen LogP contribution is 2.32. The molecule has 0 bridgehead atoms. The molecule has 1 aliphatic rings. The van der Waals surface area contributed by atoms with E-state index in [1.54, 1.807) is 37.5 Å². The molecule has 0 unspecified atom stereocenters. The minimum atomic E-state index is -1.57. The van der Waals surface area contributed by atoms with Gasteiger partial charge in [-0.25, -0.2) is 4.79 Å². The maximum absolute atomic E-state index is 12.7. The van der Waals surface area contributed by atoms with Gasteiger partial charge in [0.15, 0.2) is 5.88 Å². The Hall–Kier alpha value is -4.37. The molecule has 3 N–H and O–H groups in total. The molecule has 4 aromatic rings. The third kappa shape index (κ3) is 3.64. The van der Waals surface area contributed by atoms with Crippen LogP contribution in [0.2, 0.25) is 0 Å². The first-order chi connectivity index (χ1) is 15.9. The van der Waals surface area contributed by atoms with Gasteiger partial charge < -0.3 is 19.7 Å². The van der Waals surface area contributed by atoms with E-state index in [2.05, 4.69) is 37.9 Å². The van der Waals surface area contributed by atoms with Crippen molar-refractivity contribution in [1.29, 1.82) is 0 Å². The molecule has 0 radical (unpaired) electrons. The number of aromatic hydroxyl groups is 1. The van der Waals surface area contributed by atoms with Crippen LogP contribution in [0.25, 0.3) is 21.5 Å². The van der Waals surface area contributed by atoms with Crippen molar-refractivity contribution in [1.82, 2.24) is 35.4 Å². The number of nitrogens with zero attached hydrogens (tertiary/aromatic N) is 5. The Balaban J connectivity index is 1.50. The fraction of sp³-hybridized carbons (Fsp3) is 0.190. The summed E-state index contributed by atoms with van der Waals surface area (Å²) in [7, 11) is 3.21. The Morgan fingerprint density at radius 3 is 2.82 bits per heavy atom. The summed E-state index contributed by atoms with van der Waals surface area (Å²) in [5, 5.41) is 28.9. The van der Waals surface area contributed by atoms with Crippen molar-refractivity contribution < 1.29 is 19.4 Å². The number of benzene rings is 1. The number of ether oxygens (including phenoxy) is 1. The number of carbonyl (C=O) groups excluding carboxylic acids is 2. The summed E-state index contributed by atoms with van der Waals surface area (Å²) in [6, 6.07) is 8.20. The summed E-state index contributed by atoms with van der Waals surface area (Å²) < 4.78 is 6.70. The zero-order chi connectivity index (χ0) is 23.2. The SMILES string of the molecule is COc1ccc2cn(C[C@@]3(C#Cc4ccc(-c5nnn(C)n5)s4)NC(=O)NC3=O)c(O)c2c1. The van der Waals surface area contributed by atoms with Crippen molar-refractivity contribution in [2.45, 2.75) is 12.1 Å². The van der Waals surface area contributed by atoms with Gasteiger partial charge in [-0.3, -0.25) is 10.1 Å². The molecule has 0 saturated carbocycles. The molecule has 1 fully saturated rings. The smallest absolute Gasteiger partial charge is 0.323 e. The summed E-state index contributed by atoms with van der Waals surface area (Å²) in [5.41, 5.74) is -1.57. The van der Waals surface area contributed by atoms with Gasteiger partial charge in [-0.1, -0.05) is 11.8 Å². The van der Waals surface area contributed by atoms with E-state index in [-0.39, 0.29) is 12.4 Å². The predicted octanol–water partition coefficient (Wildman–Crippen LogP) is 1.24. The largest absolute Gasteiger partial charge is 0.497 e. The van der Waals surface area contributed by atoms with Crippen LogP contribution >= 0.6 is 11.3 Å². The molecule has 4 heterocycles. The average Bonchev–Trinajstić information content (AvgIpc) is 3.55. The quantitative estimate of drug-likeness (QED) is 0.306. The first kappa shape index (κ1) is 20.5. The van der Waals surface area contributed by atoms with Gasteiger partial charge in [-0.15, -0.1) is 21.5 Å². The third-order valence-corrected chi connectivity index (χ3v) is 6.15. The number of thiophene rings is 1. The van der Waals surface area contributed by atoms with Gasteiger partial charge in [0.1, 0.15) is 5.75 Å². The van der Waals surface area contributed by atoms with Gasteiger partial charge in [-0.05, 0) is 35.5 Å². The van der Waals surface area contributed by atoms with E-state index in [1.807, 2.05) is 6.07 Å². The highest BCUT2D eigenvalue weighted by Gasteiger charge is 2.46. The fourth-order valence-corrected chi connectivity index (χ4v) is 4.32. The number of tetrazole rings is 1. The predicted molar refractivity (Wildman–Crippen MR) is 119 cm³/mol. The number of urea groups is 1. The maximum Gasteiger partial charge on any atom is 0.323 e. The Morgan fingerprint density at radius 2 is 2.12 bits per heavy atom. The average molecular weight is 463 g/mol. The van der Waals surface area contributed by atoms with E-state index >= 15 is 0 Å². The van der Waals surface area contributed by atoms with Gasteiger partial charge in [0.05, 0.1) is 30.5 Å². The first-order valence-electron chi connectivity index (χ1n) is 9.74. The highest BCUT2D eigenvalue weighted by atomic mass is 32.1. The molecule has 5 rings (SSSR count). The van der Waals surface area contributed by atoms with E-state index in [0.717, 1.165) is 10.3 Å². The number of amides is 3. The van der Waals surface area contributed by atoms with Gasteiger partial charge in [0, 0.05) is 17.0 Å². The van der Waals surface area contributed by atoms with Crippen LogP contribution in [0, 0.1) is 11.8 Å². The Bertz CT molecular complexity index is 1470. The number of hydrogen-bond acceptors (Lipinski definition) is 8. The third-order valence-electron chi connectivity index (χ3n) is 5.15. The van der Waals surface area contributed by atoms with Crippen molar-refractivity contribution in [3.8, 4) is 34.2 Å². The number of hydrogen-bond donors (Lipinski definition) is 3. The number of methoxy groups -OCH3 is 1. The molecule has 0 spiro atoms. The van der Waals surface area contributed by atoms with Crippen LogP contribution in [0.1, 0.15) is 4.88 Å². The second kappa shape index (κ2) is 7.64. The topological polar surface area (TPSA) is 136 Å². The molecular weight excluding hydrogens is 446 g/mol. The second-order valence-electron chi connectivity index (χ2n) is 7.36. The molecule has 3 aromatic heterocycles. The molecule has 1 atom stereocenters. The lowest BCUT2D eigenvalue weighted by Gasteiger charge is -2.20. The molecule has 3 amide bonds. The standard InChI is InChI=1S/C21H17N7O4S/c1-27-25-17(24-26-27)16-6-5-14(33-16)7-8-21(19(30)22-20(31)23-21)11-28-10-12-3-4-13(32-2)9-15(12)18(28)29/h3-6,9-10,29H,11H2,1-2H3,(H2,22,23,30,31)/t21-/m1/s1. The normalized spacial score (nSPS) is 17.5. The molecule has 12 heteroatoms. The van der Waals surface area contributed by atoms with Crippen LogP contribution in [0.4, 0.5) is 4.79 Å². The van der Waals surface area contributed by atoms with Crippen LogP contribution in [0.3, 0.4) is 0 Å². The zero-order valence-electron chi connectivity index (χ0n) is 17.5. The zero-order valence-corrected chi connectivity index (χ0v) is 18.3. The molecule has 1 aromatic carbocycles. The minimum Gasteiger partial charge on any atom is -0.497 e. The van der Waals surface area contributed by atoms with Gasteiger partial charge in [0.2, 0.25) is 11.4 Å². The Labute approximate surface area is 191 Å². The number of carbonyl (C=O) groups is 2. The van der Waals surface area contributed by atoms with Crippen molar-refractivity contribution in [3.63, 3.8) is 0 Å². The van der Waals surface area contributed by atoms with Crippen LogP contribution in [0.15, 0.2) is 36.5 Å². The number of nitrogens with one attached hydrogen (secondary N) is 2. The van der Waals surface area contributed by atoms with E-state index < -0.39 is 17.5 Å². The van der Waals surface area contributed by atoms with Crippen molar-refractivity contribution in [2.75, 3.05) is 7.11 Å². The lowest BCUT2D eigenvalue weighted by atomic mass is 10.0. The lowest BCUT2D eigenvalue weighted by molar-refractivity contribution is -0.122. The summed E-state index contributed by atoms with van der Waals surface area (Å²) in [4.78, 5) is 27.5. The van der Waals surface area contributed by atoms with E-state index in [9.17, 15) is 14.7 Å². The monoisotopic (exact) mass is 463 g/mol.